The second-order valence-corrected chi connectivity index (χ2v) is 7.45. The van der Waals surface area contributed by atoms with Crippen molar-refractivity contribution in [3.05, 3.63) is 40.4 Å². The Morgan fingerprint density at radius 2 is 2.24 bits per heavy atom. The van der Waals surface area contributed by atoms with Gasteiger partial charge in [-0.25, -0.2) is 9.78 Å². The van der Waals surface area contributed by atoms with E-state index in [9.17, 15) is 19.7 Å². The van der Waals surface area contributed by atoms with Crippen LogP contribution < -0.4 is 15.7 Å². The number of benzene rings is 1. The molecule has 29 heavy (non-hydrogen) atoms. The minimum absolute atomic E-state index is 0.0585. The lowest BCUT2D eigenvalue weighted by atomic mass is 9.72. The van der Waals surface area contributed by atoms with E-state index >= 15 is 0 Å². The number of nitrogens with zero attached hydrogens (tertiary/aromatic N) is 2. The molecule has 1 aromatic carbocycles. The molecule has 1 amide bonds. The van der Waals surface area contributed by atoms with Gasteiger partial charge in [-0.3, -0.25) is 4.79 Å². The van der Waals surface area contributed by atoms with E-state index in [4.69, 9.17) is 15.2 Å². The number of hydrogen-bond acceptors (Lipinski definition) is 9. The second kappa shape index (κ2) is 8.49. The minimum atomic E-state index is -1.44. The van der Waals surface area contributed by atoms with Crippen LogP contribution >= 0.6 is 11.3 Å². The van der Waals surface area contributed by atoms with Crippen LogP contribution in [0.1, 0.15) is 35.5 Å². The molecule has 10 nitrogen and oxygen atoms in total. The molecule has 0 saturated carbocycles. The SMILES string of the molecule is CC(C)ON=C(C(=O)NC1Cc2cccc(C(=O)O)c2OB1O)c1csc(N)n1. The van der Waals surface area contributed by atoms with Crippen LogP contribution in [-0.4, -0.2) is 51.9 Å². The van der Waals surface area contributed by atoms with Crippen LogP contribution in [0.25, 0.3) is 0 Å². The molecule has 0 spiro atoms. The molecular weight excluding hydrogens is 399 g/mol. The number of nitrogens with two attached hydrogens (primary N) is 1. The summed E-state index contributed by atoms with van der Waals surface area (Å²) in [5.74, 6) is -2.55. The van der Waals surface area contributed by atoms with Gasteiger partial charge in [0.25, 0.3) is 5.91 Å². The predicted molar refractivity (Wildman–Crippen MR) is 107 cm³/mol. The van der Waals surface area contributed by atoms with Crippen LogP contribution in [0.3, 0.4) is 0 Å². The summed E-state index contributed by atoms with van der Waals surface area (Å²) in [6, 6.07) is 4.63. The number of nitrogen functional groups attached to an aromatic ring is 1. The summed E-state index contributed by atoms with van der Waals surface area (Å²) >= 11 is 1.15. The van der Waals surface area contributed by atoms with Gasteiger partial charge in [-0.15, -0.1) is 11.3 Å². The summed E-state index contributed by atoms with van der Waals surface area (Å²) in [6.45, 7) is 3.51. The smallest absolute Gasteiger partial charge is 0.534 e. The molecule has 1 unspecified atom stereocenters. The first-order chi connectivity index (χ1) is 13.8. The van der Waals surface area contributed by atoms with Gasteiger partial charge in [-0.1, -0.05) is 17.3 Å². The average Bonchev–Trinajstić information content (AvgIpc) is 3.07. The number of rotatable bonds is 6. The third-order valence-electron chi connectivity index (χ3n) is 4.00. The lowest BCUT2D eigenvalue weighted by Crippen LogP contribution is -2.54. The molecule has 12 heteroatoms. The van der Waals surface area contributed by atoms with Crippen LogP contribution in [0, 0.1) is 0 Å². The number of carbonyl (C=O) groups excluding carboxylic acids is 1. The molecule has 1 aromatic heterocycles. The van der Waals surface area contributed by atoms with Gasteiger partial charge in [0, 0.05) is 5.38 Å². The molecule has 152 valence electrons. The van der Waals surface area contributed by atoms with E-state index in [-0.39, 0.29) is 40.4 Å². The fourth-order valence-corrected chi connectivity index (χ4v) is 3.26. The Bertz CT molecular complexity index is 963. The number of anilines is 1. The van der Waals surface area contributed by atoms with Crippen molar-refractivity contribution in [2.45, 2.75) is 32.3 Å². The predicted octanol–water partition coefficient (Wildman–Crippen LogP) is 0.692. The maximum Gasteiger partial charge on any atom is 0.547 e. The number of amides is 1. The maximum absolute atomic E-state index is 12.8. The van der Waals surface area contributed by atoms with Gasteiger partial charge in [0.2, 0.25) is 0 Å². The lowest BCUT2D eigenvalue weighted by Gasteiger charge is -2.28. The summed E-state index contributed by atoms with van der Waals surface area (Å²) in [6.07, 6.45) is -0.0975. The number of para-hydroxylation sites is 1. The summed E-state index contributed by atoms with van der Waals surface area (Å²) in [5, 5.41) is 27.9. The fraction of sp³-hybridized carbons (Fsp3) is 0.294. The molecule has 5 N–H and O–H groups in total. The number of oxime groups is 1. The minimum Gasteiger partial charge on any atom is -0.534 e. The average molecular weight is 418 g/mol. The Hall–Kier alpha value is -3.12. The molecular formula is C17H19BN4O6S. The first-order valence-electron chi connectivity index (χ1n) is 8.72. The van der Waals surface area contributed by atoms with E-state index in [2.05, 4.69) is 15.5 Å². The molecule has 0 fully saturated rings. The second-order valence-electron chi connectivity index (χ2n) is 6.56. The zero-order valence-corrected chi connectivity index (χ0v) is 16.5. The Balaban J connectivity index is 1.82. The number of thiazole rings is 1. The molecule has 0 aliphatic carbocycles. The zero-order valence-electron chi connectivity index (χ0n) is 15.7. The number of hydrogen-bond donors (Lipinski definition) is 4. The van der Waals surface area contributed by atoms with Gasteiger partial charge in [0.1, 0.15) is 17.5 Å². The quantitative estimate of drug-likeness (QED) is 0.303. The van der Waals surface area contributed by atoms with Gasteiger partial charge in [-0.05, 0) is 31.9 Å². The molecule has 1 aliphatic heterocycles. The number of aromatic carboxylic acids is 1. The Morgan fingerprint density at radius 1 is 1.48 bits per heavy atom. The van der Waals surface area contributed by atoms with Crippen molar-refractivity contribution in [3.8, 4) is 5.75 Å². The number of carbonyl (C=O) groups is 2. The molecule has 2 heterocycles. The number of carboxylic acid groups (broad SMARTS) is 1. The maximum atomic E-state index is 12.8. The Morgan fingerprint density at radius 3 is 2.86 bits per heavy atom. The van der Waals surface area contributed by atoms with Crippen molar-refractivity contribution >= 4 is 41.2 Å². The van der Waals surface area contributed by atoms with Gasteiger partial charge in [0.05, 0.1) is 11.5 Å². The first-order valence-corrected chi connectivity index (χ1v) is 9.60. The van der Waals surface area contributed by atoms with Crippen molar-refractivity contribution in [2.24, 2.45) is 5.16 Å². The van der Waals surface area contributed by atoms with Gasteiger partial charge >= 0.3 is 13.1 Å². The molecule has 1 atom stereocenters. The number of nitrogens with one attached hydrogen (secondary N) is 1. The van der Waals surface area contributed by atoms with E-state index in [1.54, 1.807) is 31.4 Å². The first kappa shape index (κ1) is 20.6. The van der Waals surface area contributed by atoms with Crippen molar-refractivity contribution in [1.82, 2.24) is 10.3 Å². The summed E-state index contributed by atoms with van der Waals surface area (Å²) in [7, 11) is -1.44. The van der Waals surface area contributed by atoms with E-state index in [0.29, 0.717) is 5.56 Å². The van der Waals surface area contributed by atoms with Crippen LogP contribution in [0.5, 0.6) is 5.75 Å². The highest BCUT2D eigenvalue weighted by Crippen LogP contribution is 2.30. The highest BCUT2D eigenvalue weighted by molar-refractivity contribution is 7.13. The molecule has 3 rings (SSSR count). The zero-order chi connectivity index (χ0) is 21.1. The lowest BCUT2D eigenvalue weighted by molar-refractivity contribution is -0.115. The van der Waals surface area contributed by atoms with Crippen LogP contribution in [-0.2, 0) is 16.1 Å². The highest BCUT2D eigenvalue weighted by Gasteiger charge is 2.38. The van der Waals surface area contributed by atoms with Crippen molar-refractivity contribution in [2.75, 3.05) is 5.73 Å². The third kappa shape index (κ3) is 4.66. The molecule has 0 radical (unpaired) electrons. The van der Waals surface area contributed by atoms with Crippen molar-refractivity contribution in [1.29, 1.82) is 0 Å². The highest BCUT2D eigenvalue weighted by atomic mass is 32.1. The van der Waals surface area contributed by atoms with Crippen molar-refractivity contribution in [3.63, 3.8) is 0 Å². The van der Waals surface area contributed by atoms with E-state index in [1.165, 1.54) is 6.07 Å². The molecule has 0 saturated heterocycles. The number of fused-ring (bicyclic) bond motifs is 1. The monoisotopic (exact) mass is 418 g/mol. The van der Waals surface area contributed by atoms with Crippen LogP contribution in [0.15, 0.2) is 28.7 Å². The van der Waals surface area contributed by atoms with Crippen LogP contribution in [0.2, 0.25) is 0 Å². The normalized spacial score (nSPS) is 16.2. The van der Waals surface area contributed by atoms with Gasteiger partial charge in [-0.2, -0.15) is 0 Å². The van der Waals surface area contributed by atoms with Crippen LogP contribution in [0.4, 0.5) is 5.13 Å². The molecule has 2 aromatic rings. The van der Waals surface area contributed by atoms with E-state index in [0.717, 1.165) is 11.3 Å². The summed E-state index contributed by atoms with van der Waals surface area (Å²) in [4.78, 5) is 33.4. The summed E-state index contributed by atoms with van der Waals surface area (Å²) < 4.78 is 5.38. The van der Waals surface area contributed by atoms with Gasteiger partial charge in [0.15, 0.2) is 10.8 Å². The summed E-state index contributed by atoms with van der Waals surface area (Å²) in [5.41, 5.74) is 6.28. The number of carboxylic acids is 1. The van der Waals surface area contributed by atoms with E-state index < -0.39 is 24.9 Å². The Kier molecular flexibility index (Phi) is 6.04. The Labute approximate surface area is 170 Å². The molecule has 0 bridgehead atoms. The largest absolute Gasteiger partial charge is 0.547 e. The van der Waals surface area contributed by atoms with E-state index in [1.807, 2.05) is 0 Å². The standard InChI is InChI=1S/C17H19BN4O6S/c1-8(2)28-22-13(11-7-29-17(19)20-11)15(23)21-12-6-9-4-3-5-10(16(24)25)14(9)27-18(12)26/h3-5,7-8,12,26H,6H2,1-2H3,(H2,19,20)(H,21,23)(H,24,25). The third-order valence-corrected chi connectivity index (χ3v) is 4.67. The van der Waals surface area contributed by atoms with Crippen molar-refractivity contribution < 1.29 is 29.2 Å². The fourth-order valence-electron chi connectivity index (χ4n) is 2.71. The number of aromatic nitrogens is 1. The molecule has 1 aliphatic rings. The topological polar surface area (TPSA) is 156 Å². The van der Waals surface area contributed by atoms with Gasteiger partial charge < -0.3 is 30.7 Å².